The fraction of sp³-hybridized carbons (Fsp3) is 0.118. The first kappa shape index (κ1) is 17.1. The molecule has 7 heteroatoms. The standard InChI is InChI=1S/C17H14BrNO3S2/c18-12-3-6-15(7-4-12)24(21)11-13-5-8-16(22-13)17(20)19-10-14-2-1-9-23-14/h1-9H,10-11H2,(H,19,20). The van der Waals surface area contributed by atoms with Gasteiger partial charge in [0, 0.05) is 14.2 Å². The molecule has 0 saturated heterocycles. The van der Waals surface area contributed by atoms with E-state index in [2.05, 4.69) is 21.2 Å². The van der Waals surface area contributed by atoms with E-state index in [1.807, 2.05) is 29.6 Å². The van der Waals surface area contributed by atoms with Crippen molar-refractivity contribution in [3.63, 3.8) is 0 Å². The van der Waals surface area contributed by atoms with Gasteiger partial charge in [0.25, 0.3) is 5.91 Å². The van der Waals surface area contributed by atoms with Gasteiger partial charge in [-0.3, -0.25) is 9.00 Å². The lowest BCUT2D eigenvalue weighted by atomic mass is 10.4. The summed E-state index contributed by atoms with van der Waals surface area (Å²) in [4.78, 5) is 13.9. The first-order valence-corrected chi connectivity index (χ1v) is 10.1. The number of benzene rings is 1. The van der Waals surface area contributed by atoms with Crippen molar-refractivity contribution in [1.29, 1.82) is 0 Å². The number of rotatable bonds is 6. The SMILES string of the molecule is O=C(NCc1cccs1)c1ccc(CS(=O)c2ccc(Br)cc2)o1. The van der Waals surface area contributed by atoms with Crippen molar-refractivity contribution in [2.24, 2.45) is 0 Å². The third-order valence-electron chi connectivity index (χ3n) is 3.24. The summed E-state index contributed by atoms with van der Waals surface area (Å²) in [5, 5.41) is 4.76. The number of furan rings is 1. The second-order valence-corrected chi connectivity index (χ2v) is 8.37. The molecular weight excluding hydrogens is 410 g/mol. The Morgan fingerprint density at radius 1 is 1.17 bits per heavy atom. The van der Waals surface area contributed by atoms with Gasteiger partial charge in [0.2, 0.25) is 0 Å². The molecular formula is C17H14BrNO3S2. The van der Waals surface area contributed by atoms with Gasteiger partial charge in [-0.15, -0.1) is 11.3 Å². The predicted molar refractivity (Wildman–Crippen MR) is 98.5 cm³/mol. The number of hydrogen-bond acceptors (Lipinski definition) is 4. The lowest BCUT2D eigenvalue weighted by Gasteiger charge is -2.02. The third kappa shape index (κ3) is 4.43. The van der Waals surface area contributed by atoms with Crippen molar-refractivity contribution in [3.8, 4) is 0 Å². The van der Waals surface area contributed by atoms with Crippen molar-refractivity contribution in [2.75, 3.05) is 0 Å². The molecule has 3 aromatic rings. The number of nitrogens with one attached hydrogen (secondary N) is 1. The zero-order valence-electron chi connectivity index (χ0n) is 12.5. The highest BCUT2D eigenvalue weighted by Crippen LogP contribution is 2.18. The number of hydrogen-bond donors (Lipinski definition) is 1. The van der Waals surface area contributed by atoms with Gasteiger partial charge in [-0.2, -0.15) is 0 Å². The van der Waals surface area contributed by atoms with Crippen LogP contribution in [0.15, 0.2) is 67.7 Å². The van der Waals surface area contributed by atoms with Gasteiger partial charge in [-0.05, 0) is 47.8 Å². The highest BCUT2D eigenvalue weighted by atomic mass is 79.9. The maximum absolute atomic E-state index is 12.3. The van der Waals surface area contributed by atoms with Crippen LogP contribution in [0.2, 0.25) is 0 Å². The molecule has 1 amide bonds. The Bertz CT molecular complexity index is 841. The summed E-state index contributed by atoms with van der Waals surface area (Å²) in [5.41, 5.74) is 0. The minimum absolute atomic E-state index is 0.231. The summed E-state index contributed by atoms with van der Waals surface area (Å²) >= 11 is 4.93. The lowest BCUT2D eigenvalue weighted by molar-refractivity contribution is 0.0922. The maximum atomic E-state index is 12.3. The van der Waals surface area contributed by atoms with Crippen molar-refractivity contribution in [3.05, 3.63) is 74.8 Å². The molecule has 2 heterocycles. The van der Waals surface area contributed by atoms with E-state index < -0.39 is 10.8 Å². The molecule has 0 bridgehead atoms. The van der Waals surface area contributed by atoms with Gasteiger partial charge in [-0.1, -0.05) is 22.0 Å². The summed E-state index contributed by atoms with van der Waals surface area (Å²) in [5.74, 6) is 0.718. The van der Waals surface area contributed by atoms with E-state index in [0.29, 0.717) is 12.3 Å². The Kier molecular flexibility index (Phi) is 5.65. The van der Waals surface area contributed by atoms with Crippen LogP contribution in [0.1, 0.15) is 21.2 Å². The number of thiophene rings is 1. The van der Waals surface area contributed by atoms with Gasteiger partial charge in [0.05, 0.1) is 23.1 Å². The van der Waals surface area contributed by atoms with Crippen LogP contribution in [0, 0.1) is 0 Å². The monoisotopic (exact) mass is 423 g/mol. The zero-order chi connectivity index (χ0) is 16.9. The van der Waals surface area contributed by atoms with Crippen LogP contribution in [0.5, 0.6) is 0 Å². The van der Waals surface area contributed by atoms with Crippen LogP contribution in [-0.2, 0) is 23.1 Å². The smallest absolute Gasteiger partial charge is 0.287 e. The molecule has 1 unspecified atom stereocenters. The van der Waals surface area contributed by atoms with E-state index in [4.69, 9.17) is 4.42 Å². The van der Waals surface area contributed by atoms with Crippen LogP contribution in [0.25, 0.3) is 0 Å². The molecule has 0 spiro atoms. The summed E-state index contributed by atoms with van der Waals surface area (Å²) < 4.78 is 18.8. The van der Waals surface area contributed by atoms with Crippen molar-refractivity contribution < 1.29 is 13.4 Å². The van der Waals surface area contributed by atoms with Crippen molar-refractivity contribution in [2.45, 2.75) is 17.2 Å². The Labute approximate surface area is 154 Å². The first-order valence-electron chi connectivity index (χ1n) is 7.15. The van der Waals surface area contributed by atoms with E-state index in [9.17, 15) is 9.00 Å². The highest BCUT2D eigenvalue weighted by Gasteiger charge is 2.13. The lowest BCUT2D eigenvalue weighted by Crippen LogP contribution is -2.21. The molecule has 2 aromatic heterocycles. The number of amides is 1. The molecule has 24 heavy (non-hydrogen) atoms. The van der Waals surface area contributed by atoms with E-state index in [0.717, 1.165) is 14.2 Å². The van der Waals surface area contributed by atoms with Crippen LogP contribution in [-0.4, -0.2) is 10.1 Å². The Morgan fingerprint density at radius 2 is 1.96 bits per heavy atom. The first-order chi connectivity index (χ1) is 11.6. The third-order valence-corrected chi connectivity index (χ3v) is 5.99. The molecule has 1 N–H and O–H groups in total. The minimum atomic E-state index is -1.22. The van der Waals surface area contributed by atoms with E-state index >= 15 is 0 Å². The largest absolute Gasteiger partial charge is 0.455 e. The minimum Gasteiger partial charge on any atom is -0.455 e. The topological polar surface area (TPSA) is 59.3 Å². The van der Waals surface area contributed by atoms with Gasteiger partial charge >= 0.3 is 0 Å². The molecule has 3 rings (SSSR count). The Hall–Kier alpha value is -1.70. The van der Waals surface area contributed by atoms with Crippen molar-refractivity contribution >= 4 is 44.0 Å². The molecule has 1 aromatic carbocycles. The average Bonchev–Trinajstić information content (AvgIpc) is 3.25. The number of carbonyl (C=O) groups is 1. The summed E-state index contributed by atoms with van der Waals surface area (Å²) in [6, 6.07) is 14.5. The number of carbonyl (C=O) groups excluding carboxylic acids is 1. The highest BCUT2D eigenvalue weighted by molar-refractivity contribution is 9.10. The Morgan fingerprint density at radius 3 is 2.67 bits per heavy atom. The van der Waals surface area contributed by atoms with Crippen LogP contribution >= 0.6 is 27.3 Å². The van der Waals surface area contributed by atoms with Gasteiger partial charge in [0.1, 0.15) is 5.76 Å². The zero-order valence-corrected chi connectivity index (χ0v) is 15.7. The summed E-state index contributed by atoms with van der Waals surface area (Å²) in [6.07, 6.45) is 0. The molecule has 0 saturated carbocycles. The fourth-order valence-corrected chi connectivity index (χ4v) is 3.97. The van der Waals surface area contributed by atoms with Gasteiger partial charge in [0.15, 0.2) is 5.76 Å². The molecule has 0 fully saturated rings. The molecule has 0 aliphatic carbocycles. The van der Waals surface area contributed by atoms with E-state index in [1.54, 1.807) is 35.6 Å². The van der Waals surface area contributed by atoms with Crippen LogP contribution in [0.4, 0.5) is 0 Å². The molecule has 1 atom stereocenters. The predicted octanol–water partition coefficient (Wildman–Crippen LogP) is 4.34. The van der Waals surface area contributed by atoms with Crippen molar-refractivity contribution in [1.82, 2.24) is 5.32 Å². The molecule has 0 aliphatic rings. The van der Waals surface area contributed by atoms with Gasteiger partial charge in [-0.25, -0.2) is 0 Å². The molecule has 124 valence electrons. The van der Waals surface area contributed by atoms with E-state index in [1.165, 1.54) is 0 Å². The normalized spacial score (nSPS) is 12.0. The average molecular weight is 424 g/mol. The molecule has 0 radical (unpaired) electrons. The maximum Gasteiger partial charge on any atom is 0.287 e. The quantitative estimate of drug-likeness (QED) is 0.641. The summed E-state index contributed by atoms with van der Waals surface area (Å²) in [7, 11) is -1.22. The van der Waals surface area contributed by atoms with Crippen LogP contribution in [0.3, 0.4) is 0 Å². The molecule has 4 nitrogen and oxygen atoms in total. The fourth-order valence-electron chi connectivity index (χ4n) is 2.04. The number of halogens is 1. The second kappa shape index (κ2) is 7.92. The van der Waals surface area contributed by atoms with Crippen LogP contribution < -0.4 is 5.32 Å². The Balaban J connectivity index is 1.59. The van der Waals surface area contributed by atoms with E-state index in [-0.39, 0.29) is 17.4 Å². The molecule has 0 aliphatic heterocycles. The second-order valence-electron chi connectivity index (χ2n) is 4.97. The summed E-state index contributed by atoms with van der Waals surface area (Å²) in [6.45, 7) is 0.470. The van der Waals surface area contributed by atoms with Gasteiger partial charge < -0.3 is 9.73 Å².